The minimum Gasteiger partial charge on any atom is -0.448 e. The highest BCUT2D eigenvalue weighted by atomic mass is 79.9. The molecule has 1 atom stereocenters. The van der Waals surface area contributed by atoms with Gasteiger partial charge in [0.2, 0.25) is 0 Å². The zero-order chi connectivity index (χ0) is 17.8. The second kappa shape index (κ2) is 7.40. The molecule has 0 fully saturated rings. The van der Waals surface area contributed by atoms with E-state index in [0.717, 1.165) is 4.47 Å². The lowest BCUT2D eigenvalue weighted by molar-refractivity contribution is -0.123. The Morgan fingerprint density at radius 3 is 2.52 bits per heavy atom. The van der Waals surface area contributed by atoms with Gasteiger partial charge in [-0.2, -0.15) is 0 Å². The Balaban J connectivity index is 1.68. The van der Waals surface area contributed by atoms with Crippen molar-refractivity contribution in [3.63, 3.8) is 0 Å². The molecule has 0 aliphatic carbocycles. The van der Waals surface area contributed by atoms with Gasteiger partial charge in [-0.1, -0.05) is 24.3 Å². The number of aromatic nitrogens is 2. The van der Waals surface area contributed by atoms with E-state index in [0.29, 0.717) is 16.7 Å². The van der Waals surface area contributed by atoms with Gasteiger partial charge < -0.3 is 10.1 Å². The number of nitrogens with zero attached hydrogens (tertiary/aromatic N) is 2. The molecular formula is C18H14BrN3O3. The van der Waals surface area contributed by atoms with Crippen molar-refractivity contribution in [1.29, 1.82) is 0 Å². The number of hydrogen-bond acceptors (Lipinski definition) is 5. The zero-order valence-electron chi connectivity index (χ0n) is 13.3. The van der Waals surface area contributed by atoms with Gasteiger partial charge in [-0.3, -0.25) is 9.78 Å². The number of anilines is 1. The van der Waals surface area contributed by atoms with Crippen LogP contribution in [0.1, 0.15) is 17.4 Å². The van der Waals surface area contributed by atoms with Crippen LogP contribution in [0, 0.1) is 0 Å². The Labute approximate surface area is 152 Å². The van der Waals surface area contributed by atoms with Crippen molar-refractivity contribution in [3.05, 3.63) is 64.9 Å². The minimum absolute atomic E-state index is 0.0549. The number of ether oxygens (including phenoxy) is 1. The molecule has 1 aromatic heterocycles. The summed E-state index contributed by atoms with van der Waals surface area (Å²) in [5.74, 6) is -1.14. The molecule has 7 heteroatoms. The highest BCUT2D eigenvalue weighted by molar-refractivity contribution is 9.10. The van der Waals surface area contributed by atoms with Crippen molar-refractivity contribution in [2.24, 2.45) is 0 Å². The van der Waals surface area contributed by atoms with Crippen LogP contribution in [0.15, 0.2) is 59.2 Å². The van der Waals surface area contributed by atoms with E-state index in [1.165, 1.54) is 13.1 Å². The number of amides is 1. The lowest BCUT2D eigenvalue weighted by atomic mass is 10.3. The minimum atomic E-state index is -0.979. The van der Waals surface area contributed by atoms with Gasteiger partial charge in [0.1, 0.15) is 0 Å². The molecule has 0 saturated carbocycles. The quantitative estimate of drug-likeness (QED) is 0.678. The average Bonchev–Trinajstić information content (AvgIpc) is 2.63. The second-order valence-corrected chi connectivity index (χ2v) is 6.11. The Kier molecular flexibility index (Phi) is 5.04. The molecule has 1 N–H and O–H groups in total. The fraction of sp³-hybridized carbons (Fsp3) is 0.111. The predicted molar refractivity (Wildman–Crippen MR) is 97.2 cm³/mol. The Bertz CT molecular complexity index is 946. The van der Waals surface area contributed by atoms with Gasteiger partial charge in [0, 0.05) is 4.47 Å². The van der Waals surface area contributed by atoms with E-state index in [-0.39, 0.29) is 5.69 Å². The van der Waals surface area contributed by atoms with Gasteiger partial charge in [-0.05, 0) is 47.1 Å². The van der Waals surface area contributed by atoms with Crippen LogP contribution in [0.3, 0.4) is 0 Å². The second-order valence-electron chi connectivity index (χ2n) is 5.26. The Morgan fingerprint density at radius 1 is 1.08 bits per heavy atom. The van der Waals surface area contributed by atoms with E-state index in [4.69, 9.17) is 4.74 Å². The summed E-state index contributed by atoms with van der Waals surface area (Å²) in [5.41, 5.74) is 1.92. The number of carbonyl (C=O) groups is 2. The summed E-state index contributed by atoms with van der Waals surface area (Å²) >= 11 is 3.34. The number of nitrogens with one attached hydrogen (secondary N) is 1. The van der Waals surface area contributed by atoms with Crippen molar-refractivity contribution in [3.8, 4) is 0 Å². The van der Waals surface area contributed by atoms with Crippen LogP contribution in [-0.4, -0.2) is 27.9 Å². The standard InChI is InChI=1S/C18H14BrN3O3/c1-11(17(23)22-13-7-3-2-6-12(13)19)25-18(24)16-10-20-14-8-4-5-9-15(14)21-16/h2-11H,1H3,(H,22,23). The number of rotatable bonds is 4. The third-order valence-electron chi connectivity index (χ3n) is 3.44. The molecule has 0 radical (unpaired) electrons. The van der Waals surface area contributed by atoms with Crippen molar-refractivity contribution in [2.45, 2.75) is 13.0 Å². The molecule has 1 unspecified atom stereocenters. The van der Waals surface area contributed by atoms with Crippen LogP contribution >= 0.6 is 15.9 Å². The topological polar surface area (TPSA) is 81.2 Å². The largest absolute Gasteiger partial charge is 0.448 e. The number of hydrogen-bond donors (Lipinski definition) is 1. The lowest BCUT2D eigenvalue weighted by Gasteiger charge is -2.14. The van der Waals surface area contributed by atoms with Crippen LogP contribution in [0.25, 0.3) is 11.0 Å². The van der Waals surface area contributed by atoms with E-state index in [1.807, 2.05) is 12.1 Å². The van der Waals surface area contributed by atoms with Crippen LogP contribution < -0.4 is 5.32 Å². The molecule has 1 amide bonds. The van der Waals surface area contributed by atoms with Crippen molar-refractivity contribution < 1.29 is 14.3 Å². The molecule has 0 saturated heterocycles. The molecular weight excluding hydrogens is 386 g/mol. The number of fused-ring (bicyclic) bond motifs is 1. The maximum Gasteiger partial charge on any atom is 0.359 e. The first kappa shape index (κ1) is 17.0. The van der Waals surface area contributed by atoms with Gasteiger partial charge in [0.05, 0.1) is 22.9 Å². The Hall–Kier alpha value is -2.80. The SMILES string of the molecule is CC(OC(=O)c1cnc2ccccc2n1)C(=O)Nc1ccccc1Br. The molecule has 3 rings (SSSR count). The molecule has 126 valence electrons. The molecule has 2 aromatic carbocycles. The van der Waals surface area contributed by atoms with Crippen LogP contribution in [0.5, 0.6) is 0 Å². The van der Waals surface area contributed by atoms with E-state index >= 15 is 0 Å². The molecule has 0 spiro atoms. The van der Waals surface area contributed by atoms with Crippen LogP contribution in [0.2, 0.25) is 0 Å². The highest BCUT2D eigenvalue weighted by Crippen LogP contribution is 2.21. The van der Waals surface area contributed by atoms with Gasteiger partial charge in [-0.15, -0.1) is 0 Å². The monoisotopic (exact) mass is 399 g/mol. The summed E-state index contributed by atoms with van der Waals surface area (Å²) in [6, 6.07) is 14.4. The number of halogens is 1. The molecule has 0 aliphatic rings. The van der Waals surface area contributed by atoms with Gasteiger partial charge >= 0.3 is 5.97 Å². The van der Waals surface area contributed by atoms with Crippen LogP contribution in [0.4, 0.5) is 5.69 Å². The van der Waals surface area contributed by atoms with E-state index < -0.39 is 18.0 Å². The smallest absolute Gasteiger partial charge is 0.359 e. The van der Waals surface area contributed by atoms with E-state index in [9.17, 15) is 9.59 Å². The predicted octanol–water partition coefficient (Wildman–Crippen LogP) is 3.58. The summed E-state index contributed by atoms with van der Waals surface area (Å²) in [5, 5.41) is 2.70. The summed E-state index contributed by atoms with van der Waals surface area (Å²) in [6.07, 6.45) is 0.358. The highest BCUT2D eigenvalue weighted by Gasteiger charge is 2.21. The van der Waals surface area contributed by atoms with Crippen LogP contribution in [-0.2, 0) is 9.53 Å². The maximum absolute atomic E-state index is 12.2. The average molecular weight is 400 g/mol. The van der Waals surface area contributed by atoms with Crippen molar-refractivity contribution >= 4 is 44.5 Å². The zero-order valence-corrected chi connectivity index (χ0v) is 14.9. The van der Waals surface area contributed by atoms with Gasteiger partial charge in [0.15, 0.2) is 11.8 Å². The van der Waals surface area contributed by atoms with Crippen molar-refractivity contribution in [1.82, 2.24) is 9.97 Å². The molecule has 1 heterocycles. The third kappa shape index (κ3) is 4.00. The fourth-order valence-electron chi connectivity index (χ4n) is 2.13. The number of benzene rings is 2. The summed E-state index contributed by atoms with van der Waals surface area (Å²) < 4.78 is 5.93. The maximum atomic E-state index is 12.2. The number of esters is 1. The number of carbonyl (C=O) groups excluding carboxylic acids is 2. The fourth-order valence-corrected chi connectivity index (χ4v) is 2.51. The molecule has 25 heavy (non-hydrogen) atoms. The van der Waals surface area contributed by atoms with Crippen molar-refractivity contribution in [2.75, 3.05) is 5.32 Å². The van der Waals surface area contributed by atoms with E-state index in [2.05, 4.69) is 31.2 Å². The number of para-hydroxylation sites is 3. The summed E-state index contributed by atoms with van der Waals surface area (Å²) in [6.45, 7) is 1.50. The van der Waals surface area contributed by atoms with Gasteiger partial charge in [-0.25, -0.2) is 9.78 Å². The first-order valence-electron chi connectivity index (χ1n) is 7.53. The first-order valence-corrected chi connectivity index (χ1v) is 8.32. The van der Waals surface area contributed by atoms with Gasteiger partial charge in [0.25, 0.3) is 5.91 Å². The summed E-state index contributed by atoms with van der Waals surface area (Å²) in [4.78, 5) is 32.8. The molecule has 0 bridgehead atoms. The molecule has 0 aliphatic heterocycles. The first-order chi connectivity index (χ1) is 12.0. The lowest BCUT2D eigenvalue weighted by Crippen LogP contribution is -2.30. The van der Waals surface area contributed by atoms with E-state index in [1.54, 1.807) is 36.4 Å². The molecule has 3 aromatic rings. The summed E-state index contributed by atoms with van der Waals surface area (Å²) in [7, 11) is 0. The Morgan fingerprint density at radius 2 is 1.76 bits per heavy atom. The third-order valence-corrected chi connectivity index (χ3v) is 4.13. The normalized spacial score (nSPS) is 11.8. The molecule has 6 nitrogen and oxygen atoms in total.